The van der Waals surface area contributed by atoms with Crippen LogP contribution in [0.3, 0.4) is 0 Å². The summed E-state index contributed by atoms with van der Waals surface area (Å²) in [5.74, 6) is 1.37. The molecule has 2 aromatic carbocycles. The van der Waals surface area contributed by atoms with E-state index >= 15 is 0 Å². The Labute approximate surface area is 155 Å². The minimum Gasteiger partial charge on any atom is -0.497 e. The third kappa shape index (κ3) is 3.31. The molecule has 0 unspecified atom stereocenters. The number of methoxy groups -OCH3 is 2. The van der Waals surface area contributed by atoms with Gasteiger partial charge in [-0.05, 0) is 68.1 Å². The quantitative estimate of drug-likeness (QED) is 0.797. The second-order valence-corrected chi connectivity index (χ2v) is 8.52. The molecule has 3 rings (SSSR count). The third-order valence-corrected chi connectivity index (χ3v) is 6.99. The number of ether oxygens (including phenoxy) is 2. The van der Waals surface area contributed by atoms with Crippen molar-refractivity contribution in [3.63, 3.8) is 0 Å². The van der Waals surface area contributed by atoms with Crippen molar-refractivity contribution in [1.82, 2.24) is 4.31 Å². The zero-order chi connectivity index (χ0) is 18.9. The predicted molar refractivity (Wildman–Crippen MR) is 101 cm³/mol. The molecule has 1 saturated heterocycles. The molecule has 1 atom stereocenters. The predicted octanol–water partition coefficient (Wildman–Crippen LogP) is 3.85. The summed E-state index contributed by atoms with van der Waals surface area (Å²) in [7, 11) is -0.382. The normalized spacial score (nSPS) is 18.1. The van der Waals surface area contributed by atoms with E-state index in [1.54, 1.807) is 30.7 Å². The summed E-state index contributed by atoms with van der Waals surface area (Å²) in [5.41, 5.74) is 2.90. The monoisotopic (exact) mass is 375 g/mol. The molecule has 0 radical (unpaired) electrons. The second-order valence-electron chi connectivity index (χ2n) is 6.63. The highest BCUT2D eigenvalue weighted by molar-refractivity contribution is 7.89. The van der Waals surface area contributed by atoms with E-state index in [1.165, 1.54) is 0 Å². The second kappa shape index (κ2) is 7.29. The van der Waals surface area contributed by atoms with E-state index in [-0.39, 0.29) is 6.04 Å². The third-order valence-electron chi connectivity index (χ3n) is 5.08. The molecule has 0 saturated carbocycles. The van der Waals surface area contributed by atoms with Crippen LogP contribution >= 0.6 is 0 Å². The summed E-state index contributed by atoms with van der Waals surface area (Å²) < 4.78 is 39.0. The molecule has 26 heavy (non-hydrogen) atoms. The van der Waals surface area contributed by atoms with E-state index in [0.717, 1.165) is 29.5 Å². The van der Waals surface area contributed by atoms with Crippen LogP contribution in [0.25, 0.3) is 0 Å². The summed E-state index contributed by atoms with van der Waals surface area (Å²) in [6.45, 7) is 4.41. The lowest BCUT2D eigenvalue weighted by Gasteiger charge is -2.26. The van der Waals surface area contributed by atoms with Gasteiger partial charge in [0.2, 0.25) is 10.0 Å². The van der Waals surface area contributed by atoms with E-state index in [4.69, 9.17) is 9.47 Å². The molecule has 1 heterocycles. The maximum atomic E-state index is 13.3. The zero-order valence-electron chi connectivity index (χ0n) is 15.7. The molecule has 0 spiro atoms. The van der Waals surface area contributed by atoms with Gasteiger partial charge < -0.3 is 9.47 Å². The first-order valence-electron chi connectivity index (χ1n) is 8.69. The number of hydrogen-bond acceptors (Lipinski definition) is 4. The molecule has 1 fully saturated rings. The first-order chi connectivity index (χ1) is 12.4. The highest BCUT2D eigenvalue weighted by Gasteiger charge is 2.37. The van der Waals surface area contributed by atoms with Crippen molar-refractivity contribution in [3.8, 4) is 11.5 Å². The fourth-order valence-electron chi connectivity index (χ4n) is 3.45. The first-order valence-corrected chi connectivity index (χ1v) is 10.1. The van der Waals surface area contributed by atoms with Gasteiger partial charge >= 0.3 is 0 Å². The summed E-state index contributed by atoms with van der Waals surface area (Å²) in [6.07, 6.45) is 1.57. The van der Waals surface area contributed by atoms with Crippen LogP contribution < -0.4 is 9.47 Å². The van der Waals surface area contributed by atoms with Gasteiger partial charge in [-0.25, -0.2) is 8.42 Å². The molecule has 0 N–H and O–H groups in total. The zero-order valence-corrected chi connectivity index (χ0v) is 16.5. The summed E-state index contributed by atoms with van der Waals surface area (Å²) in [4.78, 5) is 0.342. The van der Waals surface area contributed by atoms with Crippen molar-refractivity contribution in [3.05, 3.63) is 53.1 Å². The molecule has 0 aromatic heterocycles. The SMILES string of the molecule is COc1ccc(OC)c([C@H]2CCCN2S(=O)(=O)c2ccc(C)c(C)c2)c1. The van der Waals surface area contributed by atoms with Crippen LogP contribution in [0.5, 0.6) is 11.5 Å². The number of sulfonamides is 1. The van der Waals surface area contributed by atoms with E-state index in [9.17, 15) is 8.42 Å². The molecule has 6 heteroatoms. The number of hydrogen-bond donors (Lipinski definition) is 0. The van der Waals surface area contributed by atoms with Crippen molar-refractivity contribution in [2.75, 3.05) is 20.8 Å². The van der Waals surface area contributed by atoms with Crippen molar-refractivity contribution in [2.24, 2.45) is 0 Å². The molecule has 2 aromatic rings. The summed E-state index contributed by atoms with van der Waals surface area (Å²) in [6, 6.07) is 10.6. The van der Waals surface area contributed by atoms with Crippen molar-refractivity contribution in [1.29, 1.82) is 0 Å². The van der Waals surface area contributed by atoms with Crippen LogP contribution in [0, 0.1) is 13.8 Å². The van der Waals surface area contributed by atoms with Crippen molar-refractivity contribution < 1.29 is 17.9 Å². The summed E-state index contributed by atoms with van der Waals surface area (Å²) >= 11 is 0. The Morgan fingerprint density at radius 3 is 2.42 bits per heavy atom. The minimum atomic E-state index is -3.58. The van der Waals surface area contributed by atoms with Crippen LogP contribution in [-0.4, -0.2) is 33.5 Å². The number of benzene rings is 2. The van der Waals surface area contributed by atoms with Crippen LogP contribution in [0.1, 0.15) is 35.6 Å². The minimum absolute atomic E-state index is 0.258. The Morgan fingerprint density at radius 2 is 1.77 bits per heavy atom. The average molecular weight is 375 g/mol. The molecular formula is C20H25NO4S. The standard InChI is InChI=1S/C20H25NO4S/c1-14-7-9-17(12-15(14)2)26(22,23)21-11-5-6-19(21)18-13-16(24-3)8-10-20(18)25-4/h7-10,12-13,19H,5-6,11H2,1-4H3/t19-/m1/s1. The molecule has 5 nitrogen and oxygen atoms in total. The molecule has 1 aliphatic heterocycles. The smallest absolute Gasteiger partial charge is 0.243 e. The number of rotatable bonds is 5. The van der Waals surface area contributed by atoms with Gasteiger partial charge in [-0.3, -0.25) is 0 Å². The van der Waals surface area contributed by atoms with Gasteiger partial charge in [0.05, 0.1) is 25.2 Å². The summed E-state index contributed by atoms with van der Waals surface area (Å²) in [5, 5.41) is 0. The van der Waals surface area contributed by atoms with Crippen LogP contribution in [0.2, 0.25) is 0 Å². The van der Waals surface area contributed by atoms with Gasteiger partial charge in [0.15, 0.2) is 0 Å². The van der Waals surface area contributed by atoms with Gasteiger partial charge in [-0.2, -0.15) is 4.31 Å². The first kappa shape index (κ1) is 18.7. The molecule has 140 valence electrons. The fraction of sp³-hybridized carbons (Fsp3) is 0.400. The number of nitrogens with zero attached hydrogens (tertiary/aromatic N) is 1. The highest BCUT2D eigenvalue weighted by atomic mass is 32.2. The topological polar surface area (TPSA) is 55.8 Å². The molecule has 0 aliphatic carbocycles. The van der Waals surface area contributed by atoms with Gasteiger partial charge in [-0.1, -0.05) is 6.07 Å². The molecule has 0 amide bonds. The van der Waals surface area contributed by atoms with Gasteiger partial charge in [0.1, 0.15) is 11.5 Å². The van der Waals surface area contributed by atoms with Gasteiger partial charge in [-0.15, -0.1) is 0 Å². The van der Waals surface area contributed by atoms with E-state index in [2.05, 4.69) is 0 Å². The average Bonchev–Trinajstić information content (AvgIpc) is 3.13. The van der Waals surface area contributed by atoms with E-state index < -0.39 is 10.0 Å². The van der Waals surface area contributed by atoms with E-state index in [1.807, 2.05) is 38.1 Å². The van der Waals surface area contributed by atoms with Crippen LogP contribution in [-0.2, 0) is 10.0 Å². The molecule has 1 aliphatic rings. The Bertz CT molecular complexity index is 908. The molecular weight excluding hydrogens is 350 g/mol. The Hall–Kier alpha value is -2.05. The van der Waals surface area contributed by atoms with Gasteiger partial charge in [0, 0.05) is 12.1 Å². The highest BCUT2D eigenvalue weighted by Crippen LogP contribution is 2.41. The lowest BCUT2D eigenvalue weighted by Crippen LogP contribution is -2.31. The molecule has 0 bridgehead atoms. The van der Waals surface area contributed by atoms with Crippen LogP contribution in [0.4, 0.5) is 0 Å². The Kier molecular flexibility index (Phi) is 5.25. The Morgan fingerprint density at radius 1 is 1.00 bits per heavy atom. The van der Waals surface area contributed by atoms with Crippen LogP contribution in [0.15, 0.2) is 41.3 Å². The lowest BCUT2D eigenvalue weighted by molar-refractivity contribution is 0.361. The van der Waals surface area contributed by atoms with Gasteiger partial charge in [0.25, 0.3) is 0 Å². The lowest BCUT2D eigenvalue weighted by atomic mass is 10.0. The maximum Gasteiger partial charge on any atom is 0.243 e. The number of aryl methyl sites for hydroxylation is 2. The maximum absolute atomic E-state index is 13.3. The Balaban J connectivity index is 2.04. The van der Waals surface area contributed by atoms with Crippen molar-refractivity contribution >= 4 is 10.0 Å². The van der Waals surface area contributed by atoms with E-state index in [0.29, 0.717) is 22.9 Å². The fourth-order valence-corrected chi connectivity index (χ4v) is 5.21. The van der Waals surface area contributed by atoms with Crippen molar-refractivity contribution in [2.45, 2.75) is 37.6 Å². The largest absolute Gasteiger partial charge is 0.497 e.